The summed E-state index contributed by atoms with van der Waals surface area (Å²) in [5.74, 6) is 0.998. The average Bonchev–Trinajstić information content (AvgIpc) is 3.17. The van der Waals surface area contributed by atoms with Crippen molar-refractivity contribution in [1.82, 2.24) is 0 Å². The van der Waals surface area contributed by atoms with E-state index in [-0.39, 0.29) is 11.1 Å². The number of benzene rings is 3. The molecule has 4 rings (SSSR count). The third kappa shape index (κ3) is 5.57. The summed E-state index contributed by atoms with van der Waals surface area (Å²) in [6, 6.07) is 21.3. The minimum Gasteiger partial charge on any atom is -0.493 e. The molecule has 3 aromatic rings. The summed E-state index contributed by atoms with van der Waals surface area (Å²) >= 11 is 3.47. The Hall–Kier alpha value is -3.38. The minimum atomic E-state index is -0.484. The molecule has 1 aliphatic heterocycles. The predicted octanol–water partition coefficient (Wildman–Crippen LogP) is 6.68. The smallest absolute Gasteiger partial charge is 0.363 e. The van der Waals surface area contributed by atoms with Crippen LogP contribution in [-0.4, -0.2) is 19.0 Å². The fraction of sp³-hybridized carbons (Fsp3) is 0.214. The van der Waals surface area contributed by atoms with E-state index in [2.05, 4.69) is 41.7 Å². The SMILES string of the molecule is COc1ccc(C=C2N=C(c3ccc(C(C)(C)C)cc3)OC2=O)cc1OCc1cccc(Br)c1. The van der Waals surface area contributed by atoms with Crippen LogP contribution >= 0.6 is 15.9 Å². The molecule has 5 nitrogen and oxygen atoms in total. The second kappa shape index (κ2) is 9.85. The summed E-state index contributed by atoms with van der Waals surface area (Å²) in [5.41, 5.74) is 4.01. The molecule has 1 heterocycles. The van der Waals surface area contributed by atoms with Crippen LogP contribution in [0.2, 0.25) is 0 Å². The second-order valence-corrected chi connectivity index (χ2v) is 9.91. The van der Waals surface area contributed by atoms with E-state index in [0.29, 0.717) is 24.0 Å². The third-order valence-electron chi connectivity index (χ3n) is 5.39. The Morgan fingerprint density at radius 1 is 1.00 bits per heavy atom. The number of carbonyl (C=O) groups is 1. The van der Waals surface area contributed by atoms with Gasteiger partial charge in [0.15, 0.2) is 17.2 Å². The fourth-order valence-electron chi connectivity index (χ4n) is 3.49. The van der Waals surface area contributed by atoms with Crippen LogP contribution in [0.15, 0.2) is 81.9 Å². The molecule has 0 aliphatic carbocycles. The Morgan fingerprint density at radius 2 is 1.76 bits per heavy atom. The lowest BCUT2D eigenvalue weighted by atomic mass is 9.87. The molecule has 0 unspecified atom stereocenters. The van der Waals surface area contributed by atoms with Crippen LogP contribution in [0, 0.1) is 0 Å². The number of nitrogens with zero attached hydrogens (tertiary/aromatic N) is 1. The Balaban J connectivity index is 1.56. The quantitative estimate of drug-likeness (QED) is 0.269. The molecule has 0 amide bonds. The van der Waals surface area contributed by atoms with E-state index in [4.69, 9.17) is 14.2 Å². The van der Waals surface area contributed by atoms with Crippen molar-refractivity contribution in [3.05, 3.63) is 99.2 Å². The molecule has 0 bridgehead atoms. The van der Waals surface area contributed by atoms with Crippen molar-refractivity contribution in [2.24, 2.45) is 4.99 Å². The molecule has 0 aromatic heterocycles. The first-order valence-corrected chi connectivity index (χ1v) is 11.7. The largest absolute Gasteiger partial charge is 0.493 e. The topological polar surface area (TPSA) is 57.1 Å². The molecular formula is C28H26BrNO4. The predicted molar refractivity (Wildman–Crippen MR) is 137 cm³/mol. The Labute approximate surface area is 208 Å². The molecule has 0 saturated carbocycles. The van der Waals surface area contributed by atoms with Crippen LogP contribution in [0.4, 0.5) is 0 Å². The van der Waals surface area contributed by atoms with Crippen molar-refractivity contribution >= 4 is 33.9 Å². The third-order valence-corrected chi connectivity index (χ3v) is 5.89. The first-order valence-electron chi connectivity index (χ1n) is 10.9. The zero-order valence-electron chi connectivity index (χ0n) is 19.6. The summed E-state index contributed by atoms with van der Waals surface area (Å²) in [5, 5.41) is 0. The van der Waals surface area contributed by atoms with Gasteiger partial charge in [0.1, 0.15) is 6.61 Å². The van der Waals surface area contributed by atoms with E-state index in [1.165, 1.54) is 5.56 Å². The van der Waals surface area contributed by atoms with Crippen molar-refractivity contribution in [2.75, 3.05) is 7.11 Å². The molecule has 0 spiro atoms. The Kier molecular flexibility index (Phi) is 6.89. The van der Waals surface area contributed by atoms with Crippen LogP contribution < -0.4 is 9.47 Å². The van der Waals surface area contributed by atoms with Gasteiger partial charge in [-0.3, -0.25) is 0 Å². The highest BCUT2D eigenvalue weighted by Crippen LogP contribution is 2.31. The molecule has 0 radical (unpaired) electrons. The molecule has 0 atom stereocenters. The van der Waals surface area contributed by atoms with Gasteiger partial charge in [0.05, 0.1) is 7.11 Å². The molecule has 1 aliphatic rings. The number of hydrogen-bond acceptors (Lipinski definition) is 5. The molecule has 174 valence electrons. The number of carbonyl (C=O) groups excluding carboxylic acids is 1. The molecule has 0 saturated heterocycles. The normalized spacial score (nSPS) is 14.7. The van der Waals surface area contributed by atoms with Gasteiger partial charge >= 0.3 is 5.97 Å². The second-order valence-electron chi connectivity index (χ2n) is 8.99. The molecule has 6 heteroatoms. The lowest BCUT2D eigenvalue weighted by molar-refractivity contribution is -0.129. The van der Waals surface area contributed by atoms with Gasteiger partial charge in [-0.2, -0.15) is 0 Å². The molecule has 3 aromatic carbocycles. The Bertz CT molecular complexity index is 1270. The van der Waals surface area contributed by atoms with Gasteiger partial charge in [-0.1, -0.05) is 67.0 Å². The van der Waals surface area contributed by atoms with E-state index in [0.717, 1.165) is 21.2 Å². The van der Waals surface area contributed by atoms with Crippen LogP contribution in [-0.2, 0) is 21.6 Å². The minimum absolute atomic E-state index is 0.0446. The van der Waals surface area contributed by atoms with Crippen molar-refractivity contribution in [3.63, 3.8) is 0 Å². The van der Waals surface area contributed by atoms with E-state index in [9.17, 15) is 4.79 Å². The van der Waals surface area contributed by atoms with Gasteiger partial charge in [-0.15, -0.1) is 0 Å². The molecule has 0 fully saturated rings. The number of halogens is 1. The summed E-state index contributed by atoms with van der Waals surface area (Å²) < 4.78 is 17.9. The highest BCUT2D eigenvalue weighted by Gasteiger charge is 2.25. The first kappa shape index (κ1) is 23.8. The van der Waals surface area contributed by atoms with Crippen molar-refractivity contribution < 1.29 is 19.0 Å². The van der Waals surface area contributed by atoms with E-state index >= 15 is 0 Å². The number of hydrogen-bond donors (Lipinski definition) is 0. The maximum Gasteiger partial charge on any atom is 0.363 e. The number of rotatable bonds is 6. The van der Waals surface area contributed by atoms with Gasteiger partial charge in [-0.05, 0) is 64.6 Å². The Morgan fingerprint density at radius 3 is 2.44 bits per heavy atom. The van der Waals surface area contributed by atoms with Crippen LogP contribution in [0.1, 0.15) is 43.0 Å². The van der Waals surface area contributed by atoms with Gasteiger partial charge in [0.25, 0.3) is 0 Å². The van der Waals surface area contributed by atoms with E-state index < -0.39 is 5.97 Å². The van der Waals surface area contributed by atoms with Crippen LogP contribution in [0.3, 0.4) is 0 Å². The summed E-state index contributed by atoms with van der Waals surface area (Å²) in [6.07, 6.45) is 1.68. The van der Waals surface area contributed by atoms with Crippen LogP contribution in [0.25, 0.3) is 6.08 Å². The number of esters is 1. The maximum absolute atomic E-state index is 12.5. The highest BCUT2D eigenvalue weighted by atomic mass is 79.9. The van der Waals surface area contributed by atoms with Gasteiger partial charge in [0, 0.05) is 10.0 Å². The number of cyclic esters (lactones) is 1. The summed E-state index contributed by atoms with van der Waals surface area (Å²) in [4.78, 5) is 16.9. The summed E-state index contributed by atoms with van der Waals surface area (Å²) in [7, 11) is 1.59. The summed E-state index contributed by atoms with van der Waals surface area (Å²) in [6.45, 7) is 6.84. The first-order chi connectivity index (χ1) is 16.2. The van der Waals surface area contributed by atoms with Crippen LogP contribution in [0.5, 0.6) is 11.5 Å². The van der Waals surface area contributed by atoms with Gasteiger partial charge in [-0.25, -0.2) is 9.79 Å². The monoisotopic (exact) mass is 519 g/mol. The highest BCUT2D eigenvalue weighted by molar-refractivity contribution is 9.10. The molecule has 0 N–H and O–H groups in total. The van der Waals surface area contributed by atoms with E-state index in [1.807, 2.05) is 60.7 Å². The maximum atomic E-state index is 12.5. The molecular weight excluding hydrogens is 494 g/mol. The zero-order chi connectivity index (χ0) is 24.3. The van der Waals surface area contributed by atoms with Crippen molar-refractivity contribution in [3.8, 4) is 11.5 Å². The lowest BCUT2D eigenvalue weighted by Crippen LogP contribution is -2.11. The van der Waals surface area contributed by atoms with E-state index in [1.54, 1.807) is 19.3 Å². The standard InChI is InChI=1S/C28H26BrNO4/c1-28(2,3)21-11-9-20(10-12-21)26-30-23(27(31)34-26)15-18-8-13-24(32-4)25(16-18)33-17-19-6-5-7-22(29)14-19/h5-16H,17H2,1-4H3. The zero-order valence-corrected chi connectivity index (χ0v) is 21.2. The average molecular weight is 520 g/mol. The number of aliphatic imine (C=N–C) groups is 1. The number of methoxy groups -OCH3 is 1. The van der Waals surface area contributed by atoms with Crippen molar-refractivity contribution in [1.29, 1.82) is 0 Å². The van der Waals surface area contributed by atoms with Gasteiger partial charge in [0.2, 0.25) is 5.90 Å². The van der Waals surface area contributed by atoms with Crippen molar-refractivity contribution in [2.45, 2.75) is 32.8 Å². The number of ether oxygens (including phenoxy) is 3. The fourth-order valence-corrected chi connectivity index (χ4v) is 3.93. The lowest BCUT2D eigenvalue weighted by Gasteiger charge is -2.18. The molecule has 34 heavy (non-hydrogen) atoms. The van der Waals surface area contributed by atoms with Gasteiger partial charge < -0.3 is 14.2 Å².